The van der Waals surface area contributed by atoms with Gasteiger partial charge in [0.15, 0.2) is 5.16 Å². The Morgan fingerprint density at radius 2 is 1.97 bits per heavy atom. The van der Waals surface area contributed by atoms with E-state index in [0.29, 0.717) is 26.3 Å². The lowest BCUT2D eigenvalue weighted by Crippen LogP contribution is -2.44. The number of carbonyl (C=O) groups is 1. The molecule has 0 unspecified atom stereocenters. The van der Waals surface area contributed by atoms with Gasteiger partial charge in [0, 0.05) is 22.9 Å². The van der Waals surface area contributed by atoms with Crippen LogP contribution in [0.1, 0.15) is 13.3 Å². The largest absolute Gasteiger partial charge is 0.378 e. The maximum Gasteiger partial charge on any atom is 0.236 e. The lowest BCUT2D eigenvalue weighted by Gasteiger charge is -2.29. The molecule has 30 heavy (non-hydrogen) atoms. The molecule has 1 amide bonds. The Bertz CT molecular complexity index is 1250. The molecule has 0 N–H and O–H groups in total. The van der Waals surface area contributed by atoms with Crippen molar-refractivity contribution in [1.29, 1.82) is 0 Å². The second-order valence-corrected chi connectivity index (χ2v) is 9.35. The molecule has 3 heterocycles. The van der Waals surface area contributed by atoms with Crippen LogP contribution in [0.2, 0.25) is 0 Å². The molecule has 154 valence electrons. The zero-order valence-electron chi connectivity index (χ0n) is 16.5. The van der Waals surface area contributed by atoms with E-state index in [2.05, 4.69) is 33.3 Å². The van der Waals surface area contributed by atoms with Gasteiger partial charge in [0.25, 0.3) is 0 Å². The summed E-state index contributed by atoms with van der Waals surface area (Å²) >= 11 is 5.09. The third-order valence-electron chi connectivity index (χ3n) is 5.38. The lowest BCUT2D eigenvalue weighted by atomic mass is 10.2. The average molecular weight is 485 g/mol. The van der Waals surface area contributed by atoms with Gasteiger partial charge in [-0.1, -0.05) is 46.7 Å². The zero-order valence-corrected chi connectivity index (χ0v) is 18.9. The van der Waals surface area contributed by atoms with E-state index in [1.165, 1.54) is 11.8 Å². The van der Waals surface area contributed by atoms with E-state index in [1.807, 2.05) is 41.3 Å². The summed E-state index contributed by atoms with van der Waals surface area (Å²) in [6.07, 6.45) is 0.731. The highest BCUT2D eigenvalue weighted by Gasteiger charge is 2.27. The summed E-state index contributed by atoms with van der Waals surface area (Å²) in [5.41, 5.74) is 3.65. The van der Waals surface area contributed by atoms with Crippen LogP contribution < -0.4 is 0 Å². The van der Waals surface area contributed by atoms with Gasteiger partial charge in [-0.25, -0.2) is 9.97 Å². The van der Waals surface area contributed by atoms with Crippen molar-refractivity contribution in [3.63, 3.8) is 0 Å². The van der Waals surface area contributed by atoms with Crippen molar-refractivity contribution in [1.82, 2.24) is 19.3 Å². The Labute approximate surface area is 186 Å². The predicted octanol–water partition coefficient (Wildman–Crippen LogP) is 4.53. The van der Waals surface area contributed by atoms with Crippen molar-refractivity contribution in [3.05, 3.63) is 46.9 Å². The quantitative estimate of drug-likeness (QED) is 0.314. The SMILES string of the molecule is CC[C@@H](Sc1nc2ccc(Br)cc2c2nc3ccccc3n12)C(=O)N1CCOCC1. The van der Waals surface area contributed by atoms with Crippen LogP contribution in [0.3, 0.4) is 0 Å². The van der Waals surface area contributed by atoms with Crippen molar-refractivity contribution in [3.8, 4) is 0 Å². The van der Waals surface area contributed by atoms with Gasteiger partial charge in [-0.3, -0.25) is 9.20 Å². The number of amides is 1. The second-order valence-electron chi connectivity index (χ2n) is 7.27. The molecule has 1 aliphatic heterocycles. The molecule has 8 heteroatoms. The first-order valence-corrected chi connectivity index (χ1v) is 11.7. The van der Waals surface area contributed by atoms with Gasteiger partial charge in [-0.2, -0.15) is 0 Å². The van der Waals surface area contributed by atoms with E-state index in [1.54, 1.807) is 0 Å². The summed E-state index contributed by atoms with van der Waals surface area (Å²) < 4.78 is 8.48. The smallest absolute Gasteiger partial charge is 0.236 e. The molecule has 4 aromatic rings. The summed E-state index contributed by atoms with van der Waals surface area (Å²) in [6.45, 7) is 4.56. The number of thioether (sulfide) groups is 1. The summed E-state index contributed by atoms with van der Waals surface area (Å²) in [5.74, 6) is 0.154. The highest BCUT2D eigenvalue weighted by atomic mass is 79.9. The fourth-order valence-electron chi connectivity index (χ4n) is 3.84. The van der Waals surface area contributed by atoms with Crippen LogP contribution in [0.15, 0.2) is 52.1 Å². The van der Waals surface area contributed by atoms with Crippen LogP contribution in [0.25, 0.3) is 27.6 Å². The molecular formula is C22H21BrN4O2S. The first-order valence-electron chi connectivity index (χ1n) is 10.1. The molecule has 2 aromatic heterocycles. The van der Waals surface area contributed by atoms with E-state index in [-0.39, 0.29) is 11.2 Å². The zero-order chi connectivity index (χ0) is 20.7. The normalized spacial score (nSPS) is 15.9. The number of nitrogens with zero attached hydrogens (tertiary/aromatic N) is 4. The molecule has 1 saturated heterocycles. The summed E-state index contributed by atoms with van der Waals surface area (Å²) in [6, 6.07) is 14.1. The van der Waals surface area contributed by atoms with Crippen molar-refractivity contribution < 1.29 is 9.53 Å². The van der Waals surface area contributed by atoms with Gasteiger partial charge in [0.05, 0.1) is 35.0 Å². The molecule has 0 bridgehead atoms. The lowest BCUT2D eigenvalue weighted by molar-refractivity contribution is -0.134. The van der Waals surface area contributed by atoms with E-state index < -0.39 is 0 Å². The molecule has 1 atom stereocenters. The van der Waals surface area contributed by atoms with Gasteiger partial charge >= 0.3 is 0 Å². The number of rotatable bonds is 4. The first-order chi connectivity index (χ1) is 14.7. The van der Waals surface area contributed by atoms with Crippen LogP contribution in [-0.4, -0.2) is 56.7 Å². The number of carbonyl (C=O) groups excluding carboxylic acids is 1. The number of hydrogen-bond acceptors (Lipinski definition) is 5. The number of para-hydroxylation sites is 2. The summed E-state index contributed by atoms with van der Waals surface area (Å²) in [5, 5.41) is 1.58. The molecule has 0 aliphatic carbocycles. The summed E-state index contributed by atoms with van der Waals surface area (Å²) in [4.78, 5) is 24.9. The van der Waals surface area contributed by atoms with E-state index >= 15 is 0 Å². The molecule has 0 saturated carbocycles. The Hall–Kier alpha value is -2.16. The topological polar surface area (TPSA) is 59.7 Å². The third-order valence-corrected chi connectivity index (χ3v) is 7.18. The van der Waals surface area contributed by atoms with Crippen LogP contribution in [0.4, 0.5) is 0 Å². The van der Waals surface area contributed by atoms with Crippen molar-refractivity contribution in [2.75, 3.05) is 26.3 Å². The number of aromatic nitrogens is 3. The molecule has 2 aromatic carbocycles. The highest BCUT2D eigenvalue weighted by Crippen LogP contribution is 2.33. The van der Waals surface area contributed by atoms with Crippen LogP contribution >= 0.6 is 27.7 Å². The fourth-order valence-corrected chi connectivity index (χ4v) is 5.31. The number of benzene rings is 2. The van der Waals surface area contributed by atoms with E-state index in [0.717, 1.165) is 43.6 Å². The monoisotopic (exact) mass is 484 g/mol. The average Bonchev–Trinajstić information content (AvgIpc) is 3.18. The van der Waals surface area contributed by atoms with Crippen LogP contribution in [0, 0.1) is 0 Å². The van der Waals surface area contributed by atoms with Crippen LogP contribution in [-0.2, 0) is 9.53 Å². The highest BCUT2D eigenvalue weighted by molar-refractivity contribution is 9.10. The minimum atomic E-state index is -0.201. The van der Waals surface area contributed by atoms with Crippen molar-refractivity contribution >= 4 is 61.2 Å². The Balaban J connectivity index is 1.65. The van der Waals surface area contributed by atoms with Crippen molar-refractivity contribution in [2.24, 2.45) is 0 Å². The minimum absolute atomic E-state index is 0.154. The van der Waals surface area contributed by atoms with Crippen molar-refractivity contribution in [2.45, 2.75) is 23.8 Å². The molecule has 6 nitrogen and oxygen atoms in total. The first kappa shape index (κ1) is 19.8. The Morgan fingerprint density at radius 3 is 2.77 bits per heavy atom. The Morgan fingerprint density at radius 1 is 1.17 bits per heavy atom. The number of hydrogen-bond donors (Lipinski definition) is 0. The molecular weight excluding hydrogens is 464 g/mol. The number of imidazole rings is 1. The number of morpholine rings is 1. The molecule has 0 radical (unpaired) electrons. The molecule has 1 fully saturated rings. The van der Waals surface area contributed by atoms with Gasteiger partial charge in [-0.15, -0.1) is 0 Å². The predicted molar refractivity (Wildman–Crippen MR) is 123 cm³/mol. The maximum absolute atomic E-state index is 13.2. The standard InChI is InChI=1S/C22H21BrN4O2S/c1-2-19(21(28)26-9-11-29-12-10-26)30-22-25-16-8-7-14(23)13-15(16)20-24-17-5-3-4-6-18(17)27(20)22/h3-8,13,19H,2,9-12H2,1H3/t19-/m1/s1. The van der Waals surface area contributed by atoms with Gasteiger partial charge < -0.3 is 9.64 Å². The summed E-state index contributed by atoms with van der Waals surface area (Å²) in [7, 11) is 0. The Kier molecular flexibility index (Phi) is 5.39. The number of halogens is 1. The molecule has 1 aliphatic rings. The second kappa shape index (κ2) is 8.17. The number of fused-ring (bicyclic) bond motifs is 5. The van der Waals surface area contributed by atoms with Gasteiger partial charge in [0.1, 0.15) is 5.65 Å². The van der Waals surface area contributed by atoms with E-state index in [9.17, 15) is 4.79 Å². The van der Waals surface area contributed by atoms with E-state index in [4.69, 9.17) is 14.7 Å². The van der Waals surface area contributed by atoms with Crippen LogP contribution in [0.5, 0.6) is 0 Å². The molecule has 5 rings (SSSR count). The third kappa shape index (κ3) is 3.46. The maximum atomic E-state index is 13.2. The minimum Gasteiger partial charge on any atom is -0.378 e. The van der Waals surface area contributed by atoms with Gasteiger partial charge in [0.2, 0.25) is 5.91 Å². The fraction of sp³-hybridized carbons (Fsp3) is 0.318. The molecule has 0 spiro atoms. The van der Waals surface area contributed by atoms with Gasteiger partial charge in [-0.05, 0) is 36.8 Å². The number of ether oxygens (including phenoxy) is 1.